The van der Waals surface area contributed by atoms with Gasteiger partial charge in [-0.2, -0.15) is 0 Å². The van der Waals surface area contributed by atoms with E-state index in [1.165, 1.54) is 0 Å². The molecule has 0 atom stereocenters. The molecular weight excluding hydrogens is 330 g/mol. The number of nitrogens with zero attached hydrogens (tertiary/aromatic N) is 2. The van der Waals surface area contributed by atoms with Crippen molar-refractivity contribution < 1.29 is 14.7 Å². The van der Waals surface area contributed by atoms with Crippen molar-refractivity contribution in [2.24, 2.45) is 0 Å². The number of hydrogen-bond acceptors (Lipinski definition) is 3. The first-order valence-electron chi connectivity index (χ1n) is 8.30. The molecule has 1 aliphatic carbocycles. The Bertz CT molecular complexity index is 646. The standard InChI is InChI=1S/C17H22ClN3O3/c1-2-20(10-16(22)23)12-8-11(9-12)19-17(24)21-7-6-13-14(18)4-3-5-15(13)21/h3-5,11-12H,2,6-10H2,1H3,(H,19,24)(H,22,23). The summed E-state index contributed by atoms with van der Waals surface area (Å²) in [6, 6.07) is 5.87. The molecule has 2 aliphatic rings. The molecule has 130 valence electrons. The van der Waals surface area contributed by atoms with Crippen LogP contribution in [0.1, 0.15) is 25.3 Å². The number of anilines is 1. The molecular formula is C17H22ClN3O3. The Kier molecular flexibility index (Phi) is 4.96. The number of nitrogens with one attached hydrogen (secondary N) is 1. The van der Waals surface area contributed by atoms with E-state index in [1.807, 2.05) is 30.0 Å². The van der Waals surface area contributed by atoms with Crippen LogP contribution in [0.4, 0.5) is 10.5 Å². The largest absolute Gasteiger partial charge is 0.480 e. The minimum Gasteiger partial charge on any atom is -0.480 e. The highest BCUT2D eigenvalue weighted by molar-refractivity contribution is 6.32. The number of likely N-dealkylation sites (N-methyl/N-ethyl adjacent to an activating group) is 1. The van der Waals surface area contributed by atoms with Gasteiger partial charge in [0.1, 0.15) is 0 Å². The number of fused-ring (bicyclic) bond motifs is 1. The summed E-state index contributed by atoms with van der Waals surface area (Å²) in [6.07, 6.45) is 2.37. The highest BCUT2D eigenvalue weighted by atomic mass is 35.5. The van der Waals surface area contributed by atoms with Crippen molar-refractivity contribution in [1.29, 1.82) is 0 Å². The molecule has 1 fully saturated rings. The van der Waals surface area contributed by atoms with Crippen LogP contribution < -0.4 is 10.2 Å². The van der Waals surface area contributed by atoms with Gasteiger partial charge in [-0.1, -0.05) is 24.6 Å². The van der Waals surface area contributed by atoms with Gasteiger partial charge in [0.05, 0.1) is 12.2 Å². The molecule has 1 heterocycles. The van der Waals surface area contributed by atoms with E-state index in [4.69, 9.17) is 16.7 Å². The highest BCUT2D eigenvalue weighted by Gasteiger charge is 2.36. The van der Waals surface area contributed by atoms with E-state index in [1.54, 1.807) is 4.90 Å². The van der Waals surface area contributed by atoms with Gasteiger partial charge in [-0.25, -0.2) is 4.79 Å². The number of halogens is 1. The topological polar surface area (TPSA) is 72.9 Å². The van der Waals surface area contributed by atoms with Crippen LogP contribution >= 0.6 is 11.6 Å². The number of carboxylic acids is 1. The van der Waals surface area contributed by atoms with Crippen LogP contribution in [0.5, 0.6) is 0 Å². The summed E-state index contributed by atoms with van der Waals surface area (Å²) in [5, 5.41) is 12.7. The van der Waals surface area contributed by atoms with Gasteiger partial charge < -0.3 is 10.4 Å². The summed E-state index contributed by atoms with van der Waals surface area (Å²) in [5.74, 6) is -0.810. The normalized spacial score (nSPS) is 22.2. The zero-order valence-corrected chi connectivity index (χ0v) is 14.4. The molecule has 0 spiro atoms. The number of carboxylic acid groups (broad SMARTS) is 1. The van der Waals surface area contributed by atoms with Gasteiger partial charge in [0.2, 0.25) is 0 Å². The molecule has 1 aromatic rings. The molecule has 0 radical (unpaired) electrons. The number of aliphatic carboxylic acids is 1. The van der Waals surface area contributed by atoms with E-state index in [9.17, 15) is 9.59 Å². The average molecular weight is 352 g/mol. The highest BCUT2D eigenvalue weighted by Crippen LogP contribution is 2.34. The summed E-state index contributed by atoms with van der Waals surface area (Å²) in [6.45, 7) is 3.36. The van der Waals surface area contributed by atoms with Gasteiger partial charge in [-0.3, -0.25) is 14.6 Å². The molecule has 1 aliphatic heterocycles. The lowest BCUT2D eigenvalue weighted by Gasteiger charge is -2.42. The van der Waals surface area contributed by atoms with Crippen LogP contribution in [0.15, 0.2) is 18.2 Å². The van der Waals surface area contributed by atoms with Gasteiger partial charge in [0, 0.05) is 23.7 Å². The SMILES string of the molecule is CCN(CC(=O)O)C1CC(NC(=O)N2CCc3c(Cl)cccc32)C1. The summed E-state index contributed by atoms with van der Waals surface area (Å²) in [7, 11) is 0. The minimum atomic E-state index is -0.810. The molecule has 3 rings (SSSR count). The van der Waals surface area contributed by atoms with Crippen molar-refractivity contribution in [3.63, 3.8) is 0 Å². The summed E-state index contributed by atoms with van der Waals surface area (Å²) in [5.41, 5.74) is 1.91. The number of amides is 2. The molecule has 1 saturated carbocycles. The van der Waals surface area contributed by atoms with Crippen LogP contribution in [-0.2, 0) is 11.2 Å². The van der Waals surface area contributed by atoms with E-state index in [2.05, 4.69) is 5.32 Å². The zero-order chi connectivity index (χ0) is 17.3. The Morgan fingerprint density at radius 3 is 2.83 bits per heavy atom. The van der Waals surface area contributed by atoms with Gasteiger partial charge in [0.15, 0.2) is 0 Å². The number of carbonyl (C=O) groups excluding carboxylic acids is 1. The second-order valence-electron chi connectivity index (χ2n) is 6.37. The Labute approximate surface area is 146 Å². The third-order valence-corrected chi connectivity index (χ3v) is 5.27. The molecule has 0 aromatic heterocycles. The van der Waals surface area contributed by atoms with Crippen molar-refractivity contribution >= 4 is 29.3 Å². The predicted molar refractivity (Wildman–Crippen MR) is 92.7 cm³/mol. The predicted octanol–water partition coefficient (Wildman–Crippen LogP) is 2.35. The van der Waals surface area contributed by atoms with Crippen molar-refractivity contribution in [1.82, 2.24) is 10.2 Å². The van der Waals surface area contributed by atoms with Crippen molar-refractivity contribution in [3.8, 4) is 0 Å². The van der Waals surface area contributed by atoms with Gasteiger partial charge in [0.25, 0.3) is 0 Å². The lowest BCUT2D eigenvalue weighted by molar-refractivity contribution is -0.139. The van der Waals surface area contributed by atoms with Crippen molar-refractivity contribution in [2.75, 3.05) is 24.5 Å². The molecule has 6 nitrogen and oxygen atoms in total. The van der Waals surface area contributed by atoms with Crippen LogP contribution in [0.2, 0.25) is 5.02 Å². The average Bonchev–Trinajstić information content (AvgIpc) is 2.93. The van der Waals surface area contributed by atoms with E-state index < -0.39 is 5.97 Å². The molecule has 1 aromatic carbocycles. The van der Waals surface area contributed by atoms with Crippen LogP contribution in [0.25, 0.3) is 0 Å². The van der Waals surface area contributed by atoms with Crippen LogP contribution in [-0.4, -0.2) is 53.7 Å². The maximum Gasteiger partial charge on any atom is 0.322 e. The molecule has 0 saturated heterocycles. The van der Waals surface area contributed by atoms with E-state index in [0.29, 0.717) is 18.1 Å². The zero-order valence-electron chi connectivity index (χ0n) is 13.7. The monoisotopic (exact) mass is 351 g/mol. The van der Waals surface area contributed by atoms with Crippen LogP contribution in [0, 0.1) is 0 Å². The van der Waals surface area contributed by atoms with Gasteiger partial charge in [-0.15, -0.1) is 0 Å². The van der Waals surface area contributed by atoms with E-state index in [0.717, 1.165) is 30.5 Å². The first-order valence-corrected chi connectivity index (χ1v) is 8.68. The summed E-state index contributed by atoms with van der Waals surface area (Å²) in [4.78, 5) is 27.1. The number of urea groups is 1. The third kappa shape index (κ3) is 3.35. The Hall–Kier alpha value is -1.79. The minimum absolute atomic E-state index is 0.0554. The lowest BCUT2D eigenvalue weighted by atomic mass is 9.85. The third-order valence-electron chi connectivity index (χ3n) is 4.92. The lowest BCUT2D eigenvalue weighted by Crippen LogP contribution is -2.56. The molecule has 2 N–H and O–H groups in total. The van der Waals surface area contributed by atoms with Gasteiger partial charge >= 0.3 is 12.0 Å². The maximum absolute atomic E-state index is 12.5. The summed E-state index contributed by atoms with van der Waals surface area (Å²) >= 11 is 6.18. The second kappa shape index (κ2) is 6.99. The quantitative estimate of drug-likeness (QED) is 0.854. The molecule has 7 heteroatoms. The first-order chi connectivity index (χ1) is 11.5. The fourth-order valence-electron chi connectivity index (χ4n) is 3.53. The fourth-order valence-corrected chi connectivity index (χ4v) is 3.80. The smallest absolute Gasteiger partial charge is 0.322 e. The van der Waals surface area contributed by atoms with Gasteiger partial charge in [-0.05, 0) is 43.5 Å². The molecule has 0 unspecified atom stereocenters. The van der Waals surface area contributed by atoms with Crippen molar-refractivity contribution in [2.45, 2.75) is 38.3 Å². The van der Waals surface area contributed by atoms with E-state index in [-0.39, 0.29) is 24.7 Å². The fraction of sp³-hybridized carbons (Fsp3) is 0.529. The Balaban J connectivity index is 1.53. The molecule has 0 bridgehead atoms. The van der Waals surface area contributed by atoms with E-state index >= 15 is 0 Å². The van der Waals surface area contributed by atoms with Crippen LogP contribution in [0.3, 0.4) is 0 Å². The Morgan fingerprint density at radius 2 is 2.17 bits per heavy atom. The molecule has 2 amide bonds. The number of benzene rings is 1. The maximum atomic E-state index is 12.5. The van der Waals surface area contributed by atoms with Crippen molar-refractivity contribution in [3.05, 3.63) is 28.8 Å². The number of rotatable bonds is 5. The number of carbonyl (C=O) groups is 2. The second-order valence-corrected chi connectivity index (χ2v) is 6.77. The molecule has 24 heavy (non-hydrogen) atoms. The number of hydrogen-bond donors (Lipinski definition) is 2. The Morgan fingerprint density at radius 1 is 1.42 bits per heavy atom. The first kappa shape index (κ1) is 17.0. The summed E-state index contributed by atoms with van der Waals surface area (Å²) < 4.78 is 0.